The lowest BCUT2D eigenvalue weighted by Gasteiger charge is -2.11. The van der Waals surface area contributed by atoms with Crippen LogP contribution in [0.3, 0.4) is 0 Å². The van der Waals surface area contributed by atoms with Gasteiger partial charge in [-0.1, -0.05) is 99.5 Å². The summed E-state index contributed by atoms with van der Waals surface area (Å²) in [6.45, 7) is 4.55. The Bertz CT molecular complexity index is 2310. The number of para-hydroxylation sites is 1. The van der Waals surface area contributed by atoms with Gasteiger partial charge >= 0.3 is 0 Å². The normalized spacial score (nSPS) is 12.0. The van der Waals surface area contributed by atoms with Crippen LogP contribution >= 0.6 is 11.3 Å². The van der Waals surface area contributed by atoms with Crippen LogP contribution in [-0.4, -0.2) is 14.6 Å². The third kappa shape index (κ3) is 4.48. The van der Waals surface area contributed by atoms with Crippen molar-refractivity contribution in [1.82, 2.24) is 14.6 Å². The van der Waals surface area contributed by atoms with Gasteiger partial charge in [0.1, 0.15) is 0 Å². The average molecular weight is 590 g/mol. The van der Waals surface area contributed by atoms with Crippen molar-refractivity contribution < 1.29 is 0 Å². The van der Waals surface area contributed by atoms with Gasteiger partial charge in [-0.3, -0.25) is 4.40 Å². The number of aryl methyl sites for hydroxylation is 2. The first-order valence-electron chi connectivity index (χ1n) is 16.0. The third-order valence-corrected chi connectivity index (χ3v) is 10.3. The van der Waals surface area contributed by atoms with Crippen molar-refractivity contribution in [3.8, 4) is 22.5 Å². The second-order valence-electron chi connectivity index (χ2n) is 12.0. The van der Waals surface area contributed by atoms with Gasteiger partial charge in [0.25, 0.3) is 0 Å². The van der Waals surface area contributed by atoms with E-state index in [1.54, 1.807) is 0 Å². The summed E-state index contributed by atoms with van der Waals surface area (Å²) in [4.78, 5) is 0. The lowest BCUT2D eigenvalue weighted by atomic mass is 9.96. The van der Waals surface area contributed by atoms with Crippen molar-refractivity contribution in [3.05, 3.63) is 114 Å². The molecule has 0 atom stereocenters. The maximum Gasteiger partial charge on any atom is 0.169 e. The summed E-state index contributed by atoms with van der Waals surface area (Å²) in [5.74, 6) is 0.872. The van der Waals surface area contributed by atoms with Crippen LogP contribution in [0, 0.1) is 0 Å². The molecular weight excluding hydrogens is 555 g/mol. The number of aromatic nitrogens is 3. The highest BCUT2D eigenvalue weighted by molar-refractivity contribution is 7.26. The molecule has 0 fully saturated rings. The Morgan fingerprint density at radius 2 is 1.27 bits per heavy atom. The van der Waals surface area contributed by atoms with Crippen molar-refractivity contribution in [2.24, 2.45) is 0 Å². The molecule has 0 aliphatic rings. The number of thiophene rings is 1. The molecule has 216 valence electrons. The van der Waals surface area contributed by atoms with Crippen molar-refractivity contribution in [2.45, 2.75) is 52.4 Å². The molecule has 44 heavy (non-hydrogen) atoms. The van der Waals surface area contributed by atoms with Gasteiger partial charge in [-0.15, -0.1) is 21.5 Å². The molecule has 8 rings (SSSR count). The zero-order chi connectivity index (χ0) is 29.6. The maximum absolute atomic E-state index is 4.74. The molecule has 3 heterocycles. The number of pyridine rings is 1. The topological polar surface area (TPSA) is 30.2 Å². The Hall–Kier alpha value is -4.54. The Balaban J connectivity index is 1.27. The Morgan fingerprint density at radius 3 is 2.07 bits per heavy atom. The molecule has 3 nitrogen and oxygen atoms in total. The largest absolute Gasteiger partial charge is 0.274 e. The minimum Gasteiger partial charge on any atom is -0.274 e. The van der Waals surface area contributed by atoms with E-state index in [0.717, 1.165) is 40.8 Å². The Kier molecular flexibility index (Phi) is 6.87. The number of hydrogen-bond acceptors (Lipinski definition) is 3. The van der Waals surface area contributed by atoms with E-state index in [1.807, 2.05) is 11.3 Å². The molecule has 0 unspecified atom stereocenters. The summed E-state index contributed by atoms with van der Waals surface area (Å²) < 4.78 is 4.98. The van der Waals surface area contributed by atoms with E-state index in [4.69, 9.17) is 10.2 Å². The Morgan fingerprint density at radius 1 is 0.591 bits per heavy atom. The van der Waals surface area contributed by atoms with Crippen LogP contribution in [0.2, 0.25) is 0 Å². The summed E-state index contributed by atoms with van der Waals surface area (Å²) in [5, 5.41) is 15.8. The van der Waals surface area contributed by atoms with Gasteiger partial charge in [-0.25, -0.2) is 0 Å². The van der Waals surface area contributed by atoms with Crippen LogP contribution in [0.25, 0.3) is 70.0 Å². The molecule has 0 N–H and O–H groups in total. The molecule has 0 bridgehead atoms. The molecule has 0 amide bonds. The van der Waals surface area contributed by atoms with E-state index >= 15 is 0 Å². The summed E-state index contributed by atoms with van der Waals surface area (Å²) in [6, 6.07) is 38.1. The Labute approximate surface area is 261 Å². The molecule has 4 heteroatoms. The SMILES string of the molecule is CCCCc1ccc2sc3c(-c4ccc(-c5nnc6c7ccccc7c7ccccc7n56)cc4)cc(CCCC)cc3c2c1. The molecule has 0 spiro atoms. The maximum atomic E-state index is 4.74. The lowest BCUT2D eigenvalue weighted by Crippen LogP contribution is -1.94. The number of nitrogens with zero attached hydrogens (tertiary/aromatic N) is 3. The van der Waals surface area contributed by atoms with Gasteiger partial charge in [0.2, 0.25) is 0 Å². The molecular formula is C40H35N3S. The quantitative estimate of drug-likeness (QED) is 0.165. The number of benzene rings is 5. The fourth-order valence-corrected chi connectivity index (χ4v) is 7.94. The summed E-state index contributed by atoms with van der Waals surface area (Å²) in [7, 11) is 0. The molecule has 3 aromatic heterocycles. The number of rotatable bonds is 8. The number of fused-ring (bicyclic) bond motifs is 9. The van der Waals surface area contributed by atoms with Crippen LogP contribution in [0.4, 0.5) is 0 Å². The van der Waals surface area contributed by atoms with Gasteiger partial charge < -0.3 is 0 Å². The first-order chi connectivity index (χ1) is 21.7. The van der Waals surface area contributed by atoms with Crippen LogP contribution in [-0.2, 0) is 12.8 Å². The molecule has 0 saturated carbocycles. The van der Waals surface area contributed by atoms with E-state index in [1.165, 1.54) is 78.9 Å². The van der Waals surface area contributed by atoms with E-state index in [-0.39, 0.29) is 0 Å². The fourth-order valence-electron chi connectivity index (χ4n) is 6.74. The first kappa shape index (κ1) is 27.0. The molecule has 0 aliphatic heterocycles. The molecule has 0 saturated heterocycles. The average Bonchev–Trinajstić information content (AvgIpc) is 3.69. The van der Waals surface area contributed by atoms with Gasteiger partial charge in [-0.05, 0) is 83.7 Å². The highest BCUT2D eigenvalue weighted by atomic mass is 32.1. The van der Waals surface area contributed by atoms with Crippen LogP contribution < -0.4 is 0 Å². The molecule has 0 radical (unpaired) electrons. The van der Waals surface area contributed by atoms with Gasteiger partial charge in [0.15, 0.2) is 11.5 Å². The first-order valence-corrected chi connectivity index (χ1v) is 16.8. The van der Waals surface area contributed by atoms with Crippen LogP contribution in [0.15, 0.2) is 103 Å². The highest BCUT2D eigenvalue weighted by Gasteiger charge is 2.17. The van der Waals surface area contributed by atoms with E-state index in [9.17, 15) is 0 Å². The second-order valence-corrected chi connectivity index (χ2v) is 13.0. The molecule has 8 aromatic rings. The zero-order valence-corrected chi connectivity index (χ0v) is 26.1. The number of unbranched alkanes of at least 4 members (excludes halogenated alkanes) is 2. The standard InChI is InChI=1S/C40H35N3S/c1-3-5-11-26-17-22-37-34(23-26)35-25-27(12-6-4-2)24-33(38(35)44-37)28-18-20-29(21-19-28)39-41-42-40-32-15-8-7-13-30(32)31-14-9-10-16-36(31)43(39)40/h7-10,13-25H,3-6,11-12H2,1-2H3. The summed E-state index contributed by atoms with van der Waals surface area (Å²) >= 11 is 1.93. The molecule has 5 aromatic carbocycles. The second kappa shape index (κ2) is 11.2. The molecule has 0 aliphatic carbocycles. The number of hydrogen-bond donors (Lipinski definition) is 0. The fraction of sp³-hybridized carbons (Fsp3) is 0.200. The summed E-state index contributed by atoms with van der Waals surface area (Å²) in [6.07, 6.45) is 7.12. The van der Waals surface area contributed by atoms with E-state index in [2.05, 4.69) is 121 Å². The monoisotopic (exact) mass is 589 g/mol. The van der Waals surface area contributed by atoms with Crippen LogP contribution in [0.1, 0.15) is 50.7 Å². The van der Waals surface area contributed by atoms with Crippen LogP contribution in [0.5, 0.6) is 0 Å². The van der Waals surface area contributed by atoms with E-state index < -0.39 is 0 Å². The smallest absolute Gasteiger partial charge is 0.169 e. The highest BCUT2D eigenvalue weighted by Crippen LogP contribution is 2.42. The predicted octanol–water partition coefficient (Wildman–Crippen LogP) is 11.4. The summed E-state index contributed by atoms with van der Waals surface area (Å²) in [5.41, 5.74) is 8.55. The zero-order valence-electron chi connectivity index (χ0n) is 25.3. The minimum absolute atomic E-state index is 0.872. The van der Waals surface area contributed by atoms with Gasteiger partial charge in [0.05, 0.1) is 5.52 Å². The predicted molar refractivity (Wildman–Crippen MR) is 189 cm³/mol. The van der Waals surface area contributed by atoms with Gasteiger partial charge in [-0.2, -0.15) is 0 Å². The van der Waals surface area contributed by atoms with Crippen molar-refractivity contribution in [1.29, 1.82) is 0 Å². The minimum atomic E-state index is 0.872. The lowest BCUT2D eigenvalue weighted by molar-refractivity contribution is 0.795. The van der Waals surface area contributed by atoms with Crippen molar-refractivity contribution >= 4 is 58.8 Å². The van der Waals surface area contributed by atoms with Gasteiger partial charge in [0, 0.05) is 36.5 Å². The van der Waals surface area contributed by atoms with E-state index in [0.29, 0.717) is 0 Å². The van der Waals surface area contributed by atoms with Crippen molar-refractivity contribution in [3.63, 3.8) is 0 Å². The third-order valence-electron chi connectivity index (χ3n) is 9.05. The van der Waals surface area contributed by atoms with Crippen molar-refractivity contribution in [2.75, 3.05) is 0 Å².